The highest BCUT2D eigenvalue weighted by Gasteiger charge is 2.34. The molecule has 3 N–H and O–H groups in total. The topological polar surface area (TPSA) is 101 Å². The first-order chi connectivity index (χ1) is 15.0. The minimum atomic E-state index is -0.668. The Bertz CT molecular complexity index is 1110. The van der Waals surface area contributed by atoms with Crippen molar-refractivity contribution >= 4 is 34.6 Å². The van der Waals surface area contributed by atoms with Crippen LogP contribution >= 0.6 is 11.3 Å². The molecule has 8 heteroatoms. The van der Waals surface area contributed by atoms with Crippen LogP contribution in [0, 0.1) is 6.92 Å². The molecule has 158 valence electrons. The fraction of sp³-hybridized carbons (Fsp3) is 0.217. The lowest BCUT2D eigenvalue weighted by Crippen LogP contribution is -2.40. The van der Waals surface area contributed by atoms with Crippen LogP contribution in [0.15, 0.2) is 65.1 Å². The van der Waals surface area contributed by atoms with Crippen LogP contribution in [0.2, 0.25) is 0 Å². The Morgan fingerprint density at radius 3 is 2.61 bits per heavy atom. The Morgan fingerprint density at radius 2 is 1.90 bits per heavy atom. The van der Waals surface area contributed by atoms with Gasteiger partial charge < -0.3 is 11.1 Å². The summed E-state index contributed by atoms with van der Waals surface area (Å²) in [6, 6.07) is 16.8. The molecule has 31 heavy (non-hydrogen) atoms. The van der Waals surface area contributed by atoms with E-state index in [2.05, 4.69) is 46.6 Å². The number of primary amides is 1. The third-order valence-electron chi connectivity index (χ3n) is 5.04. The Kier molecular flexibility index (Phi) is 6.08. The number of aryl methyl sites for hydroxylation is 1. The van der Waals surface area contributed by atoms with Crippen molar-refractivity contribution in [2.45, 2.75) is 25.8 Å². The van der Waals surface area contributed by atoms with Crippen molar-refractivity contribution in [2.24, 2.45) is 10.8 Å². The highest BCUT2D eigenvalue weighted by Crippen LogP contribution is 2.25. The van der Waals surface area contributed by atoms with Crippen LogP contribution in [0.1, 0.15) is 17.7 Å². The van der Waals surface area contributed by atoms with Crippen LogP contribution in [-0.4, -0.2) is 35.1 Å². The van der Waals surface area contributed by atoms with Crippen LogP contribution in [0.3, 0.4) is 0 Å². The molecule has 1 aliphatic rings. The molecule has 0 fully saturated rings. The molecule has 1 unspecified atom stereocenters. The molecule has 4 rings (SSSR count). The van der Waals surface area contributed by atoms with Gasteiger partial charge in [0.25, 0.3) is 5.91 Å². The van der Waals surface area contributed by atoms with E-state index >= 15 is 0 Å². The maximum absolute atomic E-state index is 12.6. The minimum Gasteiger partial charge on any atom is -0.368 e. The van der Waals surface area contributed by atoms with Gasteiger partial charge >= 0.3 is 0 Å². The average Bonchev–Trinajstić information content (AvgIpc) is 3.43. The number of carbonyl (C=O) groups excluding carboxylic acids is 2. The Hall–Kier alpha value is -3.52. The van der Waals surface area contributed by atoms with Crippen molar-refractivity contribution in [1.29, 1.82) is 0 Å². The molecule has 0 radical (unpaired) electrons. The second-order valence-electron chi connectivity index (χ2n) is 7.37. The molecule has 0 spiro atoms. The number of anilines is 1. The molecule has 2 aromatic carbocycles. The van der Waals surface area contributed by atoms with Crippen molar-refractivity contribution in [3.05, 3.63) is 71.2 Å². The predicted octanol–water partition coefficient (Wildman–Crippen LogP) is 2.90. The van der Waals surface area contributed by atoms with Crippen LogP contribution in [0.4, 0.5) is 5.69 Å². The highest BCUT2D eigenvalue weighted by atomic mass is 32.1. The van der Waals surface area contributed by atoms with Gasteiger partial charge in [0, 0.05) is 30.3 Å². The number of hydrogen-bond donors (Lipinski definition) is 2. The summed E-state index contributed by atoms with van der Waals surface area (Å²) in [7, 11) is 0. The number of aromatic nitrogens is 1. The maximum atomic E-state index is 12.6. The number of nitrogens with zero attached hydrogens (tertiary/aromatic N) is 3. The van der Waals surface area contributed by atoms with Gasteiger partial charge in [0.05, 0.1) is 11.4 Å². The largest absolute Gasteiger partial charge is 0.368 e. The Balaban J connectivity index is 1.36. The Labute approximate surface area is 184 Å². The van der Waals surface area contributed by atoms with Gasteiger partial charge in [-0.3, -0.25) is 14.6 Å². The zero-order valence-electron chi connectivity index (χ0n) is 17.1. The molecule has 7 nitrogen and oxygen atoms in total. The zero-order chi connectivity index (χ0) is 21.8. The molecule has 0 aliphatic carbocycles. The fourth-order valence-corrected chi connectivity index (χ4v) is 4.20. The Morgan fingerprint density at radius 1 is 1.16 bits per heavy atom. The molecule has 0 bridgehead atoms. The number of thiazole rings is 1. The summed E-state index contributed by atoms with van der Waals surface area (Å²) in [5, 5.41) is 11.7. The summed E-state index contributed by atoms with van der Waals surface area (Å²) in [5.74, 6) is -0.805. The standard InChI is InChI=1S/C23H23N5O2S/c1-15-7-9-16(10-8-15)23-26-17(14-31-23)11-12-25-22(30)19-13-20(21(24)29)28(27-19)18-5-3-2-4-6-18/h2-10,14,20H,11-13H2,1H3,(H2,24,29)(H,25,30). The summed E-state index contributed by atoms with van der Waals surface area (Å²) < 4.78 is 0. The van der Waals surface area contributed by atoms with Crippen LogP contribution < -0.4 is 16.1 Å². The number of hydrogen-bond acceptors (Lipinski definition) is 6. The van der Waals surface area contributed by atoms with E-state index in [0.717, 1.165) is 22.0 Å². The number of rotatable bonds is 7. The monoisotopic (exact) mass is 433 g/mol. The van der Waals surface area contributed by atoms with Crippen molar-refractivity contribution in [3.63, 3.8) is 0 Å². The third-order valence-corrected chi connectivity index (χ3v) is 5.98. The van der Waals surface area contributed by atoms with E-state index in [0.29, 0.717) is 18.7 Å². The van der Waals surface area contributed by atoms with Gasteiger partial charge in [0.1, 0.15) is 16.8 Å². The second kappa shape index (κ2) is 9.09. The number of amides is 2. The zero-order valence-corrected chi connectivity index (χ0v) is 17.9. The first-order valence-corrected chi connectivity index (χ1v) is 10.9. The highest BCUT2D eigenvalue weighted by molar-refractivity contribution is 7.13. The molecule has 0 saturated heterocycles. The molecule has 2 heterocycles. The molecule has 3 aromatic rings. The van der Waals surface area contributed by atoms with Gasteiger partial charge in [-0.25, -0.2) is 4.98 Å². The summed E-state index contributed by atoms with van der Waals surface area (Å²) in [6.07, 6.45) is 0.799. The molecule has 1 atom stereocenters. The van der Waals surface area contributed by atoms with Crippen LogP contribution in [-0.2, 0) is 16.0 Å². The number of nitrogens with one attached hydrogen (secondary N) is 1. The number of para-hydroxylation sites is 1. The lowest BCUT2D eigenvalue weighted by atomic mass is 10.1. The summed E-state index contributed by atoms with van der Waals surface area (Å²) >= 11 is 1.59. The molecule has 1 aliphatic heterocycles. The predicted molar refractivity (Wildman–Crippen MR) is 123 cm³/mol. The molecular formula is C23H23N5O2S. The third kappa shape index (κ3) is 4.80. The summed E-state index contributed by atoms with van der Waals surface area (Å²) in [4.78, 5) is 29.1. The van der Waals surface area contributed by atoms with Crippen molar-refractivity contribution in [1.82, 2.24) is 10.3 Å². The van der Waals surface area contributed by atoms with Gasteiger partial charge in [-0.15, -0.1) is 11.3 Å². The fourth-order valence-electron chi connectivity index (χ4n) is 3.34. The van der Waals surface area contributed by atoms with E-state index in [9.17, 15) is 9.59 Å². The van der Waals surface area contributed by atoms with Gasteiger partial charge in [-0.1, -0.05) is 48.0 Å². The van der Waals surface area contributed by atoms with Crippen molar-refractivity contribution < 1.29 is 9.59 Å². The van der Waals surface area contributed by atoms with E-state index in [-0.39, 0.29) is 12.3 Å². The lowest BCUT2D eigenvalue weighted by molar-refractivity contribution is -0.119. The van der Waals surface area contributed by atoms with E-state index in [1.54, 1.807) is 11.3 Å². The minimum absolute atomic E-state index is 0.185. The average molecular weight is 434 g/mol. The van der Waals surface area contributed by atoms with Crippen molar-refractivity contribution in [2.75, 3.05) is 11.6 Å². The first-order valence-electron chi connectivity index (χ1n) is 10.0. The van der Waals surface area contributed by atoms with Crippen LogP contribution in [0.25, 0.3) is 10.6 Å². The second-order valence-corrected chi connectivity index (χ2v) is 8.22. The first kappa shape index (κ1) is 20.7. The lowest BCUT2D eigenvalue weighted by Gasteiger charge is -2.20. The van der Waals surface area contributed by atoms with E-state index in [1.807, 2.05) is 35.7 Å². The maximum Gasteiger partial charge on any atom is 0.267 e. The summed E-state index contributed by atoms with van der Waals surface area (Å²) in [6.45, 7) is 2.49. The molecule has 2 amide bonds. The van der Waals surface area contributed by atoms with Gasteiger partial charge in [0.15, 0.2) is 0 Å². The number of hydrazone groups is 1. The number of nitrogens with two attached hydrogens (primary N) is 1. The van der Waals surface area contributed by atoms with Crippen molar-refractivity contribution in [3.8, 4) is 10.6 Å². The van der Waals surface area contributed by atoms with Crippen LogP contribution in [0.5, 0.6) is 0 Å². The van der Waals surface area contributed by atoms with Gasteiger partial charge in [-0.05, 0) is 19.1 Å². The SMILES string of the molecule is Cc1ccc(-c2nc(CCNC(=O)C3=NN(c4ccccc4)C(C(N)=O)C3)cs2)cc1. The molecular weight excluding hydrogens is 410 g/mol. The number of benzene rings is 2. The molecule has 0 saturated carbocycles. The quantitative estimate of drug-likeness (QED) is 0.598. The van der Waals surface area contributed by atoms with Gasteiger partial charge in [-0.2, -0.15) is 5.10 Å². The molecule has 1 aromatic heterocycles. The van der Waals surface area contributed by atoms with E-state index in [4.69, 9.17) is 5.73 Å². The number of carbonyl (C=O) groups is 2. The van der Waals surface area contributed by atoms with E-state index in [1.165, 1.54) is 10.6 Å². The smallest absolute Gasteiger partial charge is 0.267 e. The normalized spacial score (nSPS) is 15.6. The van der Waals surface area contributed by atoms with Gasteiger partial charge in [0.2, 0.25) is 5.91 Å². The van der Waals surface area contributed by atoms with E-state index < -0.39 is 11.9 Å². The summed E-state index contributed by atoms with van der Waals surface area (Å²) in [5.41, 5.74) is 9.77.